The van der Waals surface area contributed by atoms with E-state index in [1.54, 1.807) is 38.5 Å². The third-order valence-electron chi connectivity index (χ3n) is 5.79. The van der Waals surface area contributed by atoms with Crippen molar-refractivity contribution in [1.82, 2.24) is 20.1 Å². The highest BCUT2D eigenvalue weighted by molar-refractivity contribution is 7.99. The second kappa shape index (κ2) is 11.2. The number of hydrogen-bond acceptors (Lipinski definition) is 10. The van der Waals surface area contributed by atoms with E-state index in [9.17, 15) is 14.9 Å². The summed E-state index contributed by atoms with van der Waals surface area (Å²) in [6, 6.07) is 10.00. The second-order valence-corrected chi connectivity index (χ2v) is 8.75. The van der Waals surface area contributed by atoms with Crippen molar-refractivity contribution in [2.24, 2.45) is 0 Å². The number of anilines is 1. The Hall–Kier alpha value is -4.00. The molecule has 1 aliphatic rings. The molecule has 0 bridgehead atoms. The van der Waals surface area contributed by atoms with E-state index in [4.69, 9.17) is 14.2 Å². The van der Waals surface area contributed by atoms with Crippen LogP contribution in [0.2, 0.25) is 0 Å². The minimum absolute atomic E-state index is 0.00230. The number of hydrogen-bond donors (Lipinski definition) is 1. The van der Waals surface area contributed by atoms with Gasteiger partial charge < -0.3 is 24.0 Å². The van der Waals surface area contributed by atoms with Gasteiger partial charge in [-0.1, -0.05) is 11.8 Å². The zero-order valence-electron chi connectivity index (χ0n) is 20.1. The van der Waals surface area contributed by atoms with Gasteiger partial charge in [0.15, 0.2) is 17.3 Å². The highest BCUT2D eigenvalue weighted by Gasteiger charge is 2.23. The number of thioether (sulfide) groups is 1. The molecule has 2 heterocycles. The molecule has 4 rings (SSSR count). The number of carbonyl (C=O) groups excluding carboxylic acids is 1. The smallest absolute Gasteiger partial charge is 0.269 e. The molecule has 1 fully saturated rings. The average molecular weight is 515 g/mol. The SMILES string of the molecule is COc1cc(-c2nc(SCC(=O)N3CCN(c4ccc([N+](=O)[O-])cc4)CC3)n[nH]2)cc(OC)c1OC. The Labute approximate surface area is 211 Å². The molecule has 2 aromatic carbocycles. The van der Waals surface area contributed by atoms with E-state index in [0.717, 1.165) is 5.69 Å². The van der Waals surface area contributed by atoms with Crippen LogP contribution in [0.3, 0.4) is 0 Å². The minimum atomic E-state index is -0.417. The summed E-state index contributed by atoms with van der Waals surface area (Å²) in [4.78, 5) is 31.6. The van der Waals surface area contributed by atoms with Gasteiger partial charge in [-0.25, -0.2) is 4.98 Å². The summed E-state index contributed by atoms with van der Waals surface area (Å²) < 4.78 is 16.1. The predicted molar refractivity (Wildman–Crippen MR) is 134 cm³/mol. The highest BCUT2D eigenvalue weighted by atomic mass is 32.2. The number of aromatic nitrogens is 3. The summed E-state index contributed by atoms with van der Waals surface area (Å²) >= 11 is 1.26. The zero-order chi connectivity index (χ0) is 25.7. The highest BCUT2D eigenvalue weighted by Crippen LogP contribution is 2.40. The number of nitrogens with zero attached hydrogens (tertiary/aromatic N) is 5. The molecular formula is C23H26N6O6S. The van der Waals surface area contributed by atoms with E-state index >= 15 is 0 Å². The van der Waals surface area contributed by atoms with Gasteiger partial charge in [0, 0.05) is 49.6 Å². The molecule has 1 N–H and O–H groups in total. The van der Waals surface area contributed by atoms with Crippen molar-refractivity contribution in [3.63, 3.8) is 0 Å². The number of rotatable bonds is 9. The van der Waals surface area contributed by atoms with Gasteiger partial charge in [-0.2, -0.15) is 0 Å². The fraction of sp³-hybridized carbons (Fsp3) is 0.348. The first kappa shape index (κ1) is 25.1. The maximum atomic E-state index is 12.7. The van der Waals surface area contributed by atoms with Crippen LogP contribution in [0.15, 0.2) is 41.6 Å². The fourth-order valence-electron chi connectivity index (χ4n) is 3.87. The number of nitrogens with one attached hydrogen (secondary N) is 1. The quantitative estimate of drug-likeness (QED) is 0.258. The summed E-state index contributed by atoms with van der Waals surface area (Å²) in [7, 11) is 4.62. The molecule has 1 amide bonds. The number of nitro groups is 1. The molecule has 1 aromatic heterocycles. The predicted octanol–water partition coefficient (Wildman–Crippen LogP) is 2.85. The first-order valence-corrected chi connectivity index (χ1v) is 12.0. The number of amides is 1. The van der Waals surface area contributed by atoms with Crippen LogP contribution in [0, 0.1) is 10.1 Å². The van der Waals surface area contributed by atoms with Gasteiger partial charge in [0.1, 0.15) is 0 Å². The Morgan fingerprint density at radius 1 is 1.06 bits per heavy atom. The molecule has 0 saturated carbocycles. The molecule has 36 heavy (non-hydrogen) atoms. The van der Waals surface area contributed by atoms with Crippen LogP contribution in [0.4, 0.5) is 11.4 Å². The second-order valence-electron chi connectivity index (χ2n) is 7.81. The van der Waals surface area contributed by atoms with Crippen molar-refractivity contribution in [3.8, 4) is 28.6 Å². The molecule has 13 heteroatoms. The van der Waals surface area contributed by atoms with Crippen LogP contribution in [0.5, 0.6) is 17.2 Å². The molecule has 3 aromatic rings. The van der Waals surface area contributed by atoms with Crippen LogP contribution < -0.4 is 19.1 Å². The van der Waals surface area contributed by atoms with E-state index in [2.05, 4.69) is 20.1 Å². The fourth-order valence-corrected chi connectivity index (χ4v) is 4.58. The van der Waals surface area contributed by atoms with Gasteiger partial charge in [-0.3, -0.25) is 20.0 Å². The molecule has 0 atom stereocenters. The van der Waals surface area contributed by atoms with Gasteiger partial charge in [-0.15, -0.1) is 5.10 Å². The Balaban J connectivity index is 1.32. The zero-order valence-corrected chi connectivity index (χ0v) is 20.9. The van der Waals surface area contributed by atoms with Crippen LogP contribution in [-0.2, 0) is 4.79 Å². The van der Waals surface area contributed by atoms with Crippen molar-refractivity contribution in [3.05, 3.63) is 46.5 Å². The third-order valence-corrected chi connectivity index (χ3v) is 6.62. The maximum Gasteiger partial charge on any atom is 0.269 e. The van der Waals surface area contributed by atoms with Crippen LogP contribution >= 0.6 is 11.8 Å². The number of piperazine rings is 1. The normalized spacial score (nSPS) is 13.4. The third kappa shape index (κ3) is 5.46. The molecule has 1 aliphatic heterocycles. The number of methoxy groups -OCH3 is 3. The molecule has 12 nitrogen and oxygen atoms in total. The summed E-state index contributed by atoms with van der Waals surface area (Å²) in [6.07, 6.45) is 0. The summed E-state index contributed by atoms with van der Waals surface area (Å²) in [6.45, 7) is 2.45. The Kier molecular flexibility index (Phi) is 7.78. The lowest BCUT2D eigenvalue weighted by atomic mass is 10.1. The number of nitro benzene ring substituents is 1. The summed E-state index contributed by atoms with van der Waals surface area (Å²) in [5, 5.41) is 18.4. The number of benzene rings is 2. The van der Waals surface area contributed by atoms with Crippen LogP contribution in [-0.4, -0.2) is 84.2 Å². The van der Waals surface area contributed by atoms with Gasteiger partial charge in [0.25, 0.3) is 5.69 Å². The number of aromatic amines is 1. The van der Waals surface area contributed by atoms with E-state index < -0.39 is 4.92 Å². The first-order valence-electron chi connectivity index (χ1n) is 11.1. The standard InChI is InChI=1S/C23H26N6O6S/c1-33-18-12-15(13-19(34-2)21(18)35-3)22-24-23(26-25-22)36-14-20(30)28-10-8-27(9-11-28)16-4-6-17(7-5-16)29(31)32/h4-7,12-13H,8-11,14H2,1-3H3,(H,24,25,26). The molecule has 0 radical (unpaired) electrons. The lowest BCUT2D eigenvalue weighted by Gasteiger charge is -2.36. The molecule has 1 saturated heterocycles. The maximum absolute atomic E-state index is 12.7. The lowest BCUT2D eigenvalue weighted by Crippen LogP contribution is -2.49. The minimum Gasteiger partial charge on any atom is -0.493 e. The average Bonchev–Trinajstić information content (AvgIpc) is 3.40. The molecular weight excluding hydrogens is 488 g/mol. The lowest BCUT2D eigenvalue weighted by molar-refractivity contribution is -0.384. The Morgan fingerprint density at radius 3 is 2.25 bits per heavy atom. The van der Waals surface area contributed by atoms with Gasteiger partial charge >= 0.3 is 0 Å². The van der Waals surface area contributed by atoms with Crippen molar-refractivity contribution in [2.75, 3.05) is 58.2 Å². The number of H-pyrrole nitrogens is 1. The van der Waals surface area contributed by atoms with E-state index in [-0.39, 0.29) is 17.3 Å². The molecule has 0 spiro atoms. The Morgan fingerprint density at radius 2 is 1.69 bits per heavy atom. The van der Waals surface area contributed by atoms with Crippen molar-refractivity contribution in [2.45, 2.75) is 5.16 Å². The number of ether oxygens (including phenoxy) is 3. The number of non-ortho nitro benzene ring substituents is 1. The summed E-state index contributed by atoms with van der Waals surface area (Å²) in [5.41, 5.74) is 1.67. The van der Waals surface area contributed by atoms with Crippen LogP contribution in [0.1, 0.15) is 0 Å². The molecule has 0 unspecified atom stereocenters. The topological polar surface area (TPSA) is 136 Å². The van der Waals surface area contributed by atoms with Crippen molar-refractivity contribution < 1.29 is 23.9 Å². The van der Waals surface area contributed by atoms with E-state index in [1.807, 2.05) is 4.90 Å². The molecule has 190 valence electrons. The van der Waals surface area contributed by atoms with Crippen LogP contribution in [0.25, 0.3) is 11.4 Å². The van der Waals surface area contributed by atoms with Gasteiger partial charge in [0.2, 0.25) is 16.8 Å². The van der Waals surface area contributed by atoms with E-state index in [1.165, 1.54) is 31.0 Å². The first-order chi connectivity index (χ1) is 17.4. The van der Waals surface area contributed by atoms with Gasteiger partial charge in [0.05, 0.1) is 32.0 Å². The monoisotopic (exact) mass is 514 g/mol. The molecule has 0 aliphatic carbocycles. The Bertz CT molecular complexity index is 1200. The van der Waals surface area contributed by atoms with E-state index in [0.29, 0.717) is 60.0 Å². The summed E-state index contributed by atoms with van der Waals surface area (Å²) in [5.74, 6) is 2.21. The largest absolute Gasteiger partial charge is 0.493 e. The van der Waals surface area contributed by atoms with Gasteiger partial charge in [-0.05, 0) is 24.3 Å². The number of carbonyl (C=O) groups is 1. The van der Waals surface area contributed by atoms with Crippen molar-refractivity contribution in [1.29, 1.82) is 0 Å². The van der Waals surface area contributed by atoms with Crippen molar-refractivity contribution >= 4 is 29.0 Å².